The first-order valence-electron chi connectivity index (χ1n) is 8.67. The van der Waals surface area contributed by atoms with E-state index in [0.29, 0.717) is 26.1 Å². The molecule has 0 radical (unpaired) electrons. The van der Waals surface area contributed by atoms with E-state index in [9.17, 15) is 9.59 Å². The van der Waals surface area contributed by atoms with Crippen LogP contribution in [0.5, 0.6) is 0 Å². The Morgan fingerprint density at radius 2 is 1.65 bits per heavy atom. The van der Waals surface area contributed by atoms with E-state index >= 15 is 0 Å². The van der Waals surface area contributed by atoms with Crippen molar-refractivity contribution in [1.29, 1.82) is 0 Å². The summed E-state index contributed by atoms with van der Waals surface area (Å²) in [5, 5.41) is 0. The minimum atomic E-state index is -0.0583. The number of rotatable bonds is 6. The van der Waals surface area contributed by atoms with E-state index in [1.54, 1.807) is 21.1 Å². The molecule has 3 rings (SSSR count). The van der Waals surface area contributed by atoms with Gasteiger partial charge in [0.15, 0.2) is 0 Å². The number of halogens is 1. The molecular weight excluding hydrogens is 394 g/mol. The number of carbonyl (C=O) groups excluding carboxylic acids is 1. The summed E-state index contributed by atoms with van der Waals surface area (Å²) in [6.45, 7) is 3.51. The summed E-state index contributed by atoms with van der Waals surface area (Å²) in [6, 6.07) is 15.6. The van der Waals surface area contributed by atoms with E-state index in [2.05, 4.69) is 15.9 Å². The number of para-hydroxylation sites is 2. The average molecular weight is 416 g/mol. The van der Waals surface area contributed by atoms with Crippen molar-refractivity contribution in [2.75, 3.05) is 7.05 Å². The Hall–Kier alpha value is -2.34. The number of fused-ring (bicyclic) bond motifs is 1. The zero-order valence-electron chi connectivity index (χ0n) is 15.0. The summed E-state index contributed by atoms with van der Waals surface area (Å²) in [4.78, 5) is 26.8. The number of hydrogen-bond acceptors (Lipinski definition) is 2. The van der Waals surface area contributed by atoms with Gasteiger partial charge in [-0.1, -0.05) is 40.2 Å². The molecular formula is C20H22BrN3O2. The second kappa shape index (κ2) is 7.91. The predicted molar refractivity (Wildman–Crippen MR) is 107 cm³/mol. The summed E-state index contributed by atoms with van der Waals surface area (Å²) in [7, 11) is 1.79. The number of amides is 1. The highest BCUT2D eigenvalue weighted by atomic mass is 79.9. The van der Waals surface area contributed by atoms with Crippen LogP contribution >= 0.6 is 15.9 Å². The third-order valence-electron chi connectivity index (χ3n) is 4.55. The Morgan fingerprint density at radius 1 is 1.04 bits per heavy atom. The fourth-order valence-corrected chi connectivity index (χ4v) is 3.41. The molecule has 0 N–H and O–H groups in total. The first-order chi connectivity index (χ1) is 12.5. The maximum atomic E-state index is 12.6. The monoisotopic (exact) mass is 415 g/mol. The van der Waals surface area contributed by atoms with Gasteiger partial charge in [-0.15, -0.1) is 0 Å². The number of carbonyl (C=O) groups is 1. The minimum absolute atomic E-state index is 0.0214. The highest BCUT2D eigenvalue weighted by Crippen LogP contribution is 2.14. The van der Waals surface area contributed by atoms with Crippen molar-refractivity contribution in [2.45, 2.75) is 33.0 Å². The fourth-order valence-electron chi connectivity index (χ4n) is 3.14. The van der Waals surface area contributed by atoms with E-state index in [1.807, 2.05) is 55.5 Å². The lowest BCUT2D eigenvalue weighted by Gasteiger charge is -2.17. The molecule has 0 aliphatic rings. The minimum Gasteiger partial charge on any atom is -0.341 e. The Bertz CT molecular complexity index is 973. The van der Waals surface area contributed by atoms with Gasteiger partial charge in [0.05, 0.1) is 11.0 Å². The van der Waals surface area contributed by atoms with Gasteiger partial charge in [0, 0.05) is 37.6 Å². The molecule has 3 aromatic rings. The normalized spacial score (nSPS) is 11.0. The van der Waals surface area contributed by atoms with Crippen LogP contribution in [0.3, 0.4) is 0 Å². The lowest BCUT2D eigenvalue weighted by molar-refractivity contribution is -0.130. The summed E-state index contributed by atoms with van der Waals surface area (Å²) in [6.07, 6.45) is 0.296. The third-order valence-corrected chi connectivity index (χ3v) is 5.08. The maximum absolute atomic E-state index is 12.6. The average Bonchev–Trinajstić information content (AvgIpc) is 2.92. The number of aromatic nitrogens is 2. The highest BCUT2D eigenvalue weighted by Gasteiger charge is 2.14. The van der Waals surface area contributed by atoms with Crippen molar-refractivity contribution >= 4 is 32.9 Å². The largest absolute Gasteiger partial charge is 0.341 e. The predicted octanol–water partition coefficient (Wildman–Crippen LogP) is 3.63. The first-order valence-corrected chi connectivity index (χ1v) is 9.47. The molecule has 1 heterocycles. The highest BCUT2D eigenvalue weighted by molar-refractivity contribution is 9.10. The molecule has 1 amide bonds. The molecule has 0 saturated heterocycles. The van der Waals surface area contributed by atoms with E-state index in [-0.39, 0.29) is 11.6 Å². The zero-order chi connectivity index (χ0) is 18.7. The molecule has 0 aliphatic heterocycles. The zero-order valence-corrected chi connectivity index (χ0v) is 16.6. The third kappa shape index (κ3) is 3.75. The summed E-state index contributed by atoms with van der Waals surface area (Å²) in [5.41, 5.74) is 2.80. The standard InChI is InChI=1S/C20H22BrN3O2/c1-3-23-17-6-4-5-7-18(17)24(20(23)26)13-12-19(25)22(2)14-15-8-10-16(21)11-9-15/h4-11H,3,12-14H2,1-2H3. The van der Waals surface area contributed by atoms with Crippen LogP contribution in [0.4, 0.5) is 0 Å². The molecule has 0 spiro atoms. The van der Waals surface area contributed by atoms with E-state index in [1.165, 1.54) is 0 Å². The van der Waals surface area contributed by atoms with Gasteiger partial charge in [-0.25, -0.2) is 4.79 Å². The van der Waals surface area contributed by atoms with Gasteiger partial charge in [-0.2, -0.15) is 0 Å². The van der Waals surface area contributed by atoms with E-state index < -0.39 is 0 Å². The van der Waals surface area contributed by atoms with Crippen molar-refractivity contribution in [3.8, 4) is 0 Å². The van der Waals surface area contributed by atoms with Crippen LogP contribution in [-0.4, -0.2) is 27.0 Å². The van der Waals surface area contributed by atoms with Gasteiger partial charge in [0.1, 0.15) is 0 Å². The lowest BCUT2D eigenvalue weighted by Crippen LogP contribution is -2.29. The summed E-state index contributed by atoms with van der Waals surface area (Å²) in [5.74, 6) is 0.0214. The number of imidazole rings is 1. The van der Waals surface area contributed by atoms with Gasteiger partial charge >= 0.3 is 5.69 Å². The van der Waals surface area contributed by atoms with Gasteiger partial charge < -0.3 is 4.90 Å². The Balaban J connectivity index is 1.71. The summed E-state index contributed by atoms with van der Waals surface area (Å²) >= 11 is 3.41. The Morgan fingerprint density at radius 3 is 2.27 bits per heavy atom. The van der Waals surface area contributed by atoms with Crippen LogP contribution in [0.25, 0.3) is 11.0 Å². The number of aryl methyl sites for hydroxylation is 2. The van der Waals surface area contributed by atoms with Crippen LogP contribution in [-0.2, 0) is 24.4 Å². The Labute approximate surface area is 161 Å². The van der Waals surface area contributed by atoms with Crippen molar-refractivity contribution in [3.63, 3.8) is 0 Å². The topological polar surface area (TPSA) is 47.2 Å². The molecule has 0 bridgehead atoms. The second-order valence-corrected chi connectivity index (χ2v) is 7.21. The van der Waals surface area contributed by atoms with Crippen LogP contribution < -0.4 is 5.69 Å². The Kier molecular flexibility index (Phi) is 5.61. The van der Waals surface area contributed by atoms with Gasteiger partial charge in [-0.05, 0) is 36.8 Å². The molecule has 0 atom stereocenters. The van der Waals surface area contributed by atoms with Crippen LogP contribution in [0.2, 0.25) is 0 Å². The maximum Gasteiger partial charge on any atom is 0.329 e. The first kappa shape index (κ1) is 18.5. The van der Waals surface area contributed by atoms with Crippen LogP contribution in [0.15, 0.2) is 57.8 Å². The molecule has 2 aromatic carbocycles. The van der Waals surface area contributed by atoms with Gasteiger partial charge in [0.2, 0.25) is 5.91 Å². The van der Waals surface area contributed by atoms with Gasteiger partial charge in [0.25, 0.3) is 0 Å². The van der Waals surface area contributed by atoms with E-state index in [4.69, 9.17) is 0 Å². The van der Waals surface area contributed by atoms with Crippen LogP contribution in [0, 0.1) is 0 Å². The van der Waals surface area contributed by atoms with E-state index in [0.717, 1.165) is 21.1 Å². The molecule has 26 heavy (non-hydrogen) atoms. The van der Waals surface area contributed by atoms with Crippen molar-refractivity contribution in [3.05, 3.63) is 69.1 Å². The second-order valence-electron chi connectivity index (χ2n) is 6.29. The number of nitrogens with zero attached hydrogens (tertiary/aromatic N) is 3. The molecule has 136 valence electrons. The molecule has 5 nitrogen and oxygen atoms in total. The fraction of sp³-hybridized carbons (Fsp3) is 0.300. The quantitative estimate of drug-likeness (QED) is 0.616. The molecule has 1 aromatic heterocycles. The summed E-state index contributed by atoms with van der Waals surface area (Å²) < 4.78 is 4.46. The lowest BCUT2D eigenvalue weighted by atomic mass is 10.2. The molecule has 0 saturated carbocycles. The van der Waals surface area contributed by atoms with Crippen molar-refractivity contribution in [1.82, 2.24) is 14.0 Å². The smallest absolute Gasteiger partial charge is 0.329 e. The molecule has 0 unspecified atom stereocenters. The SMILES string of the molecule is CCn1c(=O)n(CCC(=O)N(C)Cc2ccc(Br)cc2)c2ccccc21. The van der Waals surface area contributed by atoms with Crippen molar-refractivity contribution in [2.24, 2.45) is 0 Å². The molecule has 0 aliphatic carbocycles. The van der Waals surface area contributed by atoms with Gasteiger partial charge in [-0.3, -0.25) is 13.9 Å². The molecule has 0 fully saturated rings. The van der Waals surface area contributed by atoms with Crippen LogP contribution in [0.1, 0.15) is 18.9 Å². The number of hydrogen-bond donors (Lipinski definition) is 0. The molecule has 6 heteroatoms. The number of benzene rings is 2. The van der Waals surface area contributed by atoms with Crippen molar-refractivity contribution < 1.29 is 4.79 Å².